The Morgan fingerprint density at radius 3 is 2.65 bits per heavy atom. The summed E-state index contributed by atoms with van der Waals surface area (Å²) in [7, 11) is 0. The van der Waals surface area contributed by atoms with E-state index in [-0.39, 0.29) is 24.4 Å². The Balaban J connectivity index is 0.00000200. The molecule has 1 heterocycles. The van der Waals surface area contributed by atoms with Crippen molar-refractivity contribution in [3.8, 4) is 5.75 Å². The van der Waals surface area contributed by atoms with E-state index in [9.17, 15) is 4.79 Å². The number of amides is 1. The van der Waals surface area contributed by atoms with Crippen molar-refractivity contribution in [3.05, 3.63) is 29.8 Å². The van der Waals surface area contributed by atoms with Gasteiger partial charge in [0.15, 0.2) is 6.10 Å². The fraction of sp³-hybridized carbons (Fsp3) is 0.533. The first-order valence-electron chi connectivity index (χ1n) is 6.82. The van der Waals surface area contributed by atoms with Crippen molar-refractivity contribution in [1.82, 2.24) is 10.2 Å². The van der Waals surface area contributed by atoms with Gasteiger partial charge in [-0.25, -0.2) is 0 Å². The Morgan fingerprint density at radius 1 is 1.40 bits per heavy atom. The van der Waals surface area contributed by atoms with Gasteiger partial charge in [0.2, 0.25) is 0 Å². The minimum atomic E-state index is -0.441. The van der Waals surface area contributed by atoms with Gasteiger partial charge in [-0.3, -0.25) is 4.79 Å². The van der Waals surface area contributed by atoms with E-state index in [1.807, 2.05) is 43.0 Å². The van der Waals surface area contributed by atoms with Crippen LogP contribution < -0.4 is 10.1 Å². The summed E-state index contributed by atoms with van der Waals surface area (Å²) in [6.07, 6.45) is -0.441. The van der Waals surface area contributed by atoms with Gasteiger partial charge < -0.3 is 15.0 Å². The average Bonchev–Trinajstić information content (AvgIpc) is 2.41. The number of carbonyl (C=O) groups excluding carboxylic acids is 1. The highest BCUT2D eigenvalue weighted by Gasteiger charge is 2.27. The summed E-state index contributed by atoms with van der Waals surface area (Å²) >= 11 is 0. The molecule has 0 spiro atoms. The number of hydrogen-bond acceptors (Lipinski definition) is 3. The maximum atomic E-state index is 12.4. The lowest BCUT2D eigenvalue weighted by Gasteiger charge is -2.35. The second-order valence-corrected chi connectivity index (χ2v) is 5.16. The Hall–Kier alpha value is -1.26. The molecule has 5 heteroatoms. The van der Waals surface area contributed by atoms with Gasteiger partial charge in [0.25, 0.3) is 5.91 Å². The largest absolute Gasteiger partial charge is 0.481 e. The molecule has 0 radical (unpaired) electrons. The van der Waals surface area contributed by atoms with Crippen LogP contribution in [0, 0.1) is 6.92 Å². The third-order valence-electron chi connectivity index (χ3n) is 3.47. The number of halogens is 1. The summed E-state index contributed by atoms with van der Waals surface area (Å²) in [5.41, 5.74) is 1.18. The molecule has 1 aliphatic rings. The molecule has 2 unspecified atom stereocenters. The molecule has 1 saturated heterocycles. The van der Waals surface area contributed by atoms with Gasteiger partial charge in [0.05, 0.1) is 0 Å². The van der Waals surface area contributed by atoms with Crippen LogP contribution in [-0.4, -0.2) is 42.6 Å². The van der Waals surface area contributed by atoms with Crippen LogP contribution >= 0.6 is 12.4 Å². The van der Waals surface area contributed by atoms with Gasteiger partial charge in [-0.1, -0.05) is 17.7 Å². The maximum absolute atomic E-state index is 12.4. The molecule has 4 nitrogen and oxygen atoms in total. The van der Waals surface area contributed by atoms with Crippen LogP contribution in [-0.2, 0) is 4.79 Å². The lowest BCUT2D eigenvalue weighted by atomic mass is 10.2. The molecule has 1 amide bonds. The first kappa shape index (κ1) is 16.8. The van der Waals surface area contributed by atoms with Crippen LogP contribution in [0.1, 0.15) is 19.4 Å². The van der Waals surface area contributed by atoms with Crippen molar-refractivity contribution < 1.29 is 9.53 Å². The van der Waals surface area contributed by atoms with E-state index in [1.165, 1.54) is 5.56 Å². The normalized spacial score (nSPS) is 19.9. The standard InChI is InChI=1S/C15H22N2O2.ClH/c1-11-4-6-14(7-5-11)19-13(3)15(18)17-9-8-16-10-12(17)2;/h4-7,12-13,16H,8-10H2,1-3H3;1H. The molecule has 0 bridgehead atoms. The molecule has 0 aromatic heterocycles. The minimum absolute atomic E-state index is 0. The number of rotatable bonds is 3. The van der Waals surface area contributed by atoms with Crippen molar-refractivity contribution in [2.75, 3.05) is 19.6 Å². The highest BCUT2D eigenvalue weighted by atomic mass is 35.5. The van der Waals surface area contributed by atoms with E-state index in [1.54, 1.807) is 0 Å². The summed E-state index contributed by atoms with van der Waals surface area (Å²) in [5.74, 6) is 0.809. The molecule has 1 aromatic rings. The first-order chi connectivity index (χ1) is 9.08. The van der Waals surface area contributed by atoms with Gasteiger partial charge >= 0.3 is 0 Å². The lowest BCUT2D eigenvalue weighted by molar-refractivity contribution is -0.140. The average molecular weight is 299 g/mol. The third-order valence-corrected chi connectivity index (χ3v) is 3.47. The second-order valence-electron chi connectivity index (χ2n) is 5.16. The lowest BCUT2D eigenvalue weighted by Crippen LogP contribution is -2.55. The van der Waals surface area contributed by atoms with E-state index in [2.05, 4.69) is 12.2 Å². The second kappa shape index (κ2) is 7.50. The molecular weight excluding hydrogens is 276 g/mol. The van der Waals surface area contributed by atoms with E-state index in [4.69, 9.17) is 4.74 Å². The summed E-state index contributed by atoms with van der Waals surface area (Å²) in [6.45, 7) is 8.36. The highest BCUT2D eigenvalue weighted by molar-refractivity contribution is 5.85. The number of nitrogens with one attached hydrogen (secondary N) is 1. The van der Waals surface area contributed by atoms with Crippen LogP contribution in [0.4, 0.5) is 0 Å². The molecule has 2 atom stereocenters. The molecule has 1 aromatic carbocycles. The SMILES string of the molecule is Cc1ccc(OC(C)C(=O)N2CCNCC2C)cc1.Cl. The summed E-state index contributed by atoms with van der Waals surface area (Å²) in [6, 6.07) is 8.01. The predicted octanol–water partition coefficient (Wildman–Crippen LogP) is 2.00. The van der Waals surface area contributed by atoms with E-state index >= 15 is 0 Å². The van der Waals surface area contributed by atoms with Crippen LogP contribution in [0.15, 0.2) is 24.3 Å². The number of benzene rings is 1. The molecule has 0 saturated carbocycles. The Bertz CT molecular complexity index is 436. The van der Waals surface area contributed by atoms with Gasteiger partial charge in [-0.2, -0.15) is 0 Å². The molecule has 2 rings (SSSR count). The molecule has 112 valence electrons. The topological polar surface area (TPSA) is 41.6 Å². The van der Waals surface area contributed by atoms with E-state index in [0.717, 1.165) is 25.4 Å². The number of hydrogen-bond donors (Lipinski definition) is 1. The van der Waals surface area contributed by atoms with Crippen LogP contribution in [0.5, 0.6) is 5.75 Å². The van der Waals surface area contributed by atoms with Crippen molar-refractivity contribution in [2.45, 2.75) is 32.9 Å². The van der Waals surface area contributed by atoms with Gasteiger partial charge in [0.1, 0.15) is 5.75 Å². The first-order valence-corrected chi connectivity index (χ1v) is 6.82. The number of carbonyl (C=O) groups is 1. The summed E-state index contributed by atoms with van der Waals surface area (Å²) < 4.78 is 5.72. The van der Waals surface area contributed by atoms with Crippen LogP contribution in [0.25, 0.3) is 0 Å². The van der Waals surface area contributed by atoms with Crippen LogP contribution in [0.3, 0.4) is 0 Å². The fourth-order valence-electron chi connectivity index (χ4n) is 2.27. The van der Waals surface area contributed by atoms with Crippen molar-refractivity contribution in [1.29, 1.82) is 0 Å². The maximum Gasteiger partial charge on any atom is 0.263 e. The molecule has 1 aliphatic heterocycles. The minimum Gasteiger partial charge on any atom is -0.481 e. The van der Waals surface area contributed by atoms with E-state index in [0.29, 0.717) is 0 Å². The molecule has 0 aliphatic carbocycles. The van der Waals surface area contributed by atoms with Gasteiger partial charge in [-0.05, 0) is 32.9 Å². The zero-order valence-corrected chi connectivity index (χ0v) is 13.1. The molecule has 20 heavy (non-hydrogen) atoms. The highest BCUT2D eigenvalue weighted by Crippen LogP contribution is 2.15. The summed E-state index contributed by atoms with van der Waals surface area (Å²) in [5, 5.41) is 3.28. The fourth-order valence-corrected chi connectivity index (χ4v) is 2.27. The monoisotopic (exact) mass is 298 g/mol. The number of piperazine rings is 1. The predicted molar refractivity (Wildman–Crippen MR) is 82.6 cm³/mol. The van der Waals surface area contributed by atoms with Gasteiger partial charge in [0, 0.05) is 25.7 Å². The smallest absolute Gasteiger partial charge is 0.263 e. The number of aryl methyl sites for hydroxylation is 1. The number of ether oxygens (including phenoxy) is 1. The zero-order valence-electron chi connectivity index (χ0n) is 12.3. The zero-order chi connectivity index (χ0) is 13.8. The molecule has 1 N–H and O–H groups in total. The Morgan fingerprint density at radius 2 is 2.05 bits per heavy atom. The Labute approximate surface area is 126 Å². The van der Waals surface area contributed by atoms with E-state index < -0.39 is 6.10 Å². The van der Waals surface area contributed by atoms with Crippen molar-refractivity contribution in [2.24, 2.45) is 0 Å². The van der Waals surface area contributed by atoms with Gasteiger partial charge in [-0.15, -0.1) is 12.4 Å². The molecule has 1 fully saturated rings. The third kappa shape index (κ3) is 4.12. The number of nitrogens with zero attached hydrogens (tertiary/aromatic N) is 1. The Kier molecular flexibility index (Phi) is 6.30. The molecular formula is C15H23ClN2O2. The summed E-state index contributed by atoms with van der Waals surface area (Å²) in [4.78, 5) is 14.3. The van der Waals surface area contributed by atoms with Crippen LogP contribution in [0.2, 0.25) is 0 Å². The van der Waals surface area contributed by atoms with Crippen molar-refractivity contribution in [3.63, 3.8) is 0 Å². The van der Waals surface area contributed by atoms with Crippen molar-refractivity contribution >= 4 is 18.3 Å². The quantitative estimate of drug-likeness (QED) is 0.928.